The molecule has 32 heavy (non-hydrogen) atoms. The normalized spacial score (nSPS) is 11.4. The van der Waals surface area contributed by atoms with Gasteiger partial charge in [0, 0.05) is 43.5 Å². The summed E-state index contributed by atoms with van der Waals surface area (Å²) in [5.74, 6) is -1.80. The molecule has 3 aromatic rings. The molecule has 0 fully saturated rings. The molecule has 170 valence electrons. The number of ether oxygens (including phenoxy) is 2. The van der Waals surface area contributed by atoms with E-state index >= 15 is 0 Å². The van der Waals surface area contributed by atoms with Gasteiger partial charge in [0.15, 0.2) is 17.3 Å². The number of aromatic nitrogens is 1. The lowest BCUT2D eigenvalue weighted by Crippen LogP contribution is -2.35. The molecule has 0 spiro atoms. The SMILES string of the molecule is CCS(=O)(=O)Nc1ccc(Oc2ccc(F)cc2F)c(-c2cc(C)[n+]([O-])c(COC)c2)c1. The highest BCUT2D eigenvalue weighted by molar-refractivity contribution is 7.92. The summed E-state index contributed by atoms with van der Waals surface area (Å²) >= 11 is 0. The summed E-state index contributed by atoms with van der Waals surface area (Å²) in [6.07, 6.45) is 0. The summed E-state index contributed by atoms with van der Waals surface area (Å²) in [6.45, 7) is 3.16. The molecule has 0 unspecified atom stereocenters. The highest BCUT2D eigenvalue weighted by atomic mass is 32.2. The molecule has 1 aromatic heterocycles. The van der Waals surface area contributed by atoms with E-state index in [0.29, 0.717) is 28.6 Å². The van der Waals surface area contributed by atoms with E-state index in [1.54, 1.807) is 19.1 Å². The van der Waals surface area contributed by atoms with Crippen LogP contribution in [0.1, 0.15) is 18.3 Å². The van der Waals surface area contributed by atoms with E-state index in [2.05, 4.69) is 4.72 Å². The van der Waals surface area contributed by atoms with Gasteiger partial charge in [0.2, 0.25) is 15.7 Å². The van der Waals surface area contributed by atoms with Crippen LogP contribution < -0.4 is 14.2 Å². The number of rotatable bonds is 8. The molecule has 0 amide bonds. The third kappa shape index (κ3) is 5.32. The number of hydrogen-bond acceptors (Lipinski definition) is 5. The van der Waals surface area contributed by atoms with Crippen LogP contribution >= 0.6 is 0 Å². The first-order chi connectivity index (χ1) is 15.1. The first kappa shape index (κ1) is 23.4. The van der Waals surface area contributed by atoms with Gasteiger partial charge in [0.05, 0.1) is 5.75 Å². The molecule has 0 saturated carbocycles. The summed E-state index contributed by atoms with van der Waals surface area (Å²) < 4.78 is 65.4. The maximum Gasteiger partial charge on any atom is 0.232 e. The van der Waals surface area contributed by atoms with Crippen molar-refractivity contribution >= 4 is 15.7 Å². The fraction of sp³-hybridized carbons (Fsp3) is 0.227. The molecule has 0 saturated heterocycles. The van der Waals surface area contributed by atoms with Gasteiger partial charge in [-0.2, -0.15) is 4.73 Å². The van der Waals surface area contributed by atoms with Crippen molar-refractivity contribution < 1.29 is 31.4 Å². The van der Waals surface area contributed by atoms with Gasteiger partial charge in [-0.1, -0.05) is 0 Å². The fourth-order valence-corrected chi connectivity index (χ4v) is 3.66. The van der Waals surface area contributed by atoms with Crippen molar-refractivity contribution in [3.05, 3.63) is 76.8 Å². The summed E-state index contributed by atoms with van der Waals surface area (Å²) in [4.78, 5) is 0. The third-order valence-corrected chi connectivity index (χ3v) is 5.92. The second kappa shape index (κ2) is 9.49. The molecular formula is C22H22F2N2O5S. The number of anilines is 1. The Bertz CT molecular complexity index is 1250. The summed E-state index contributed by atoms with van der Waals surface area (Å²) in [6, 6.07) is 10.5. The minimum absolute atomic E-state index is 0.0448. The zero-order chi connectivity index (χ0) is 23.5. The van der Waals surface area contributed by atoms with Crippen LogP contribution in [0.5, 0.6) is 11.5 Å². The number of benzene rings is 2. The fourth-order valence-electron chi connectivity index (χ4n) is 3.03. The van der Waals surface area contributed by atoms with Crippen LogP contribution in [-0.4, -0.2) is 21.3 Å². The average Bonchev–Trinajstić information content (AvgIpc) is 2.74. The highest BCUT2D eigenvalue weighted by Crippen LogP contribution is 2.37. The molecule has 0 radical (unpaired) electrons. The predicted octanol–water partition coefficient (Wildman–Crippen LogP) is 4.27. The Kier molecular flexibility index (Phi) is 6.95. The summed E-state index contributed by atoms with van der Waals surface area (Å²) in [5.41, 5.74) is 1.87. The van der Waals surface area contributed by atoms with Crippen molar-refractivity contribution in [3.8, 4) is 22.6 Å². The van der Waals surface area contributed by atoms with Crippen molar-refractivity contribution in [3.63, 3.8) is 0 Å². The van der Waals surface area contributed by atoms with Crippen LogP contribution in [0.3, 0.4) is 0 Å². The number of pyridine rings is 1. The molecule has 0 aliphatic heterocycles. The smallest absolute Gasteiger partial charge is 0.232 e. The molecular weight excluding hydrogens is 442 g/mol. The predicted molar refractivity (Wildman–Crippen MR) is 116 cm³/mol. The molecule has 0 aliphatic carbocycles. The van der Waals surface area contributed by atoms with Crippen LogP contribution in [0.25, 0.3) is 11.1 Å². The van der Waals surface area contributed by atoms with Crippen LogP contribution in [0, 0.1) is 23.8 Å². The largest absolute Gasteiger partial charge is 0.618 e. The number of nitrogens with one attached hydrogen (secondary N) is 1. The van der Waals surface area contributed by atoms with E-state index in [0.717, 1.165) is 16.9 Å². The molecule has 1 heterocycles. The van der Waals surface area contributed by atoms with Crippen molar-refractivity contribution in [2.75, 3.05) is 17.6 Å². The van der Waals surface area contributed by atoms with Crippen molar-refractivity contribution in [1.29, 1.82) is 0 Å². The first-order valence-electron chi connectivity index (χ1n) is 9.63. The van der Waals surface area contributed by atoms with Gasteiger partial charge in [0.25, 0.3) is 0 Å². The van der Waals surface area contributed by atoms with Crippen LogP contribution in [0.15, 0.2) is 48.5 Å². The third-order valence-electron chi connectivity index (χ3n) is 4.62. The maximum absolute atomic E-state index is 14.2. The number of aryl methyl sites for hydroxylation is 1. The van der Waals surface area contributed by atoms with Gasteiger partial charge < -0.3 is 14.7 Å². The van der Waals surface area contributed by atoms with Gasteiger partial charge in [-0.25, -0.2) is 17.2 Å². The Hall–Kier alpha value is -3.24. The molecule has 0 aliphatic rings. The van der Waals surface area contributed by atoms with Crippen molar-refractivity contribution in [2.45, 2.75) is 20.5 Å². The van der Waals surface area contributed by atoms with Crippen LogP contribution in [0.4, 0.5) is 14.5 Å². The molecule has 0 atom stereocenters. The Morgan fingerprint density at radius 1 is 1.06 bits per heavy atom. The zero-order valence-corrected chi connectivity index (χ0v) is 18.5. The Morgan fingerprint density at radius 3 is 2.44 bits per heavy atom. The van der Waals surface area contributed by atoms with Gasteiger partial charge in [-0.3, -0.25) is 4.72 Å². The quantitative estimate of drug-likeness (QED) is 0.397. The van der Waals surface area contributed by atoms with Gasteiger partial charge >= 0.3 is 0 Å². The number of sulfonamides is 1. The molecule has 3 rings (SSSR count). The molecule has 7 nitrogen and oxygen atoms in total. The molecule has 10 heteroatoms. The number of methoxy groups -OCH3 is 1. The topological polar surface area (TPSA) is 91.6 Å². The summed E-state index contributed by atoms with van der Waals surface area (Å²) in [5, 5.41) is 12.3. The van der Waals surface area contributed by atoms with E-state index < -0.39 is 21.7 Å². The Balaban J connectivity index is 2.15. The van der Waals surface area contributed by atoms with Crippen LogP contribution in [0.2, 0.25) is 0 Å². The number of hydrogen-bond donors (Lipinski definition) is 1. The minimum Gasteiger partial charge on any atom is -0.618 e. The van der Waals surface area contributed by atoms with Crippen molar-refractivity contribution in [2.24, 2.45) is 0 Å². The van der Waals surface area contributed by atoms with Crippen LogP contribution in [-0.2, 0) is 21.4 Å². The average molecular weight is 464 g/mol. The summed E-state index contributed by atoms with van der Waals surface area (Å²) in [7, 11) is -2.10. The van der Waals surface area contributed by atoms with Crippen molar-refractivity contribution in [1.82, 2.24) is 0 Å². The molecule has 1 N–H and O–H groups in total. The lowest BCUT2D eigenvalue weighted by atomic mass is 10.0. The van der Waals surface area contributed by atoms with E-state index in [-0.39, 0.29) is 29.5 Å². The Morgan fingerprint density at radius 2 is 1.78 bits per heavy atom. The first-order valence-corrected chi connectivity index (χ1v) is 11.3. The van der Waals surface area contributed by atoms with E-state index in [1.165, 1.54) is 32.2 Å². The second-order valence-electron chi connectivity index (χ2n) is 7.00. The minimum atomic E-state index is -3.55. The lowest BCUT2D eigenvalue weighted by Gasteiger charge is -2.16. The molecule has 0 bridgehead atoms. The Labute approximate surface area is 184 Å². The van der Waals surface area contributed by atoms with Gasteiger partial charge in [0.1, 0.15) is 18.2 Å². The zero-order valence-electron chi connectivity index (χ0n) is 17.7. The van der Waals surface area contributed by atoms with Gasteiger partial charge in [-0.05, 0) is 42.8 Å². The monoisotopic (exact) mass is 464 g/mol. The standard InChI is InChI=1S/C22H22F2N2O5S/c1-4-32(28,29)25-17-6-8-21(31-22-7-5-16(23)11-20(22)24)19(12-17)15-9-14(2)26(27)18(10-15)13-30-3/h5-12,25H,4,13H2,1-3H3. The number of nitrogens with zero attached hydrogens (tertiary/aromatic N) is 1. The van der Waals surface area contributed by atoms with E-state index in [1.807, 2.05) is 0 Å². The van der Waals surface area contributed by atoms with E-state index in [4.69, 9.17) is 9.47 Å². The highest BCUT2D eigenvalue weighted by Gasteiger charge is 2.18. The van der Waals surface area contributed by atoms with E-state index in [9.17, 15) is 22.4 Å². The second-order valence-corrected chi connectivity index (χ2v) is 9.01. The number of halogens is 2. The lowest BCUT2D eigenvalue weighted by molar-refractivity contribution is -0.623. The van der Waals surface area contributed by atoms with Gasteiger partial charge in [-0.15, -0.1) is 0 Å². The maximum atomic E-state index is 14.2. The molecule has 2 aromatic carbocycles.